The van der Waals surface area contributed by atoms with Crippen LogP contribution in [0.1, 0.15) is 11.3 Å². The molecule has 2 heterocycles. The van der Waals surface area contributed by atoms with Gasteiger partial charge in [-0.3, -0.25) is 4.40 Å². The molecule has 0 aliphatic heterocycles. The number of aromatic nitrogens is 3. The van der Waals surface area contributed by atoms with Crippen LogP contribution in [0.25, 0.3) is 28.2 Å². The third-order valence-corrected chi connectivity index (χ3v) is 4.24. The molecule has 2 aromatic heterocycles. The fourth-order valence-corrected chi connectivity index (χ4v) is 2.95. The SMILES string of the molecule is N#Cc1cc(F)ccc1-c1cccc(-c2cnc3nc(C(F)(F)F)ccn23)c1. The van der Waals surface area contributed by atoms with Gasteiger partial charge in [-0.2, -0.15) is 18.4 Å². The van der Waals surface area contributed by atoms with Crippen molar-refractivity contribution < 1.29 is 17.6 Å². The lowest BCUT2D eigenvalue weighted by Crippen LogP contribution is -2.09. The Morgan fingerprint density at radius 3 is 2.54 bits per heavy atom. The summed E-state index contributed by atoms with van der Waals surface area (Å²) in [6, 6.07) is 13.8. The number of halogens is 4. The standard InChI is InChI=1S/C20H10F4N4/c21-15-4-5-16(14(9-15)10-25)12-2-1-3-13(8-12)17-11-26-19-27-18(20(22,23)24)6-7-28(17)19/h1-9,11H. The maximum atomic E-state index is 13.4. The van der Waals surface area contributed by atoms with E-state index in [-0.39, 0.29) is 11.3 Å². The second-order valence-electron chi connectivity index (χ2n) is 6.01. The molecular weight excluding hydrogens is 372 g/mol. The van der Waals surface area contributed by atoms with Crippen molar-refractivity contribution in [3.05, 3.63) is 78.0 Å². The highest BCUT2D eigenvalue weighted by Crippen LogP contribution is 2.31. The van der Waals surface area contributed by atoms with Gasteiger partial charge in [-0.25, -0.2) is 14.4 Å². The van der Waals surface area contributed by atoms with Crippen LogP contribution in [-0.4, -0.2) is 14.4 Å². The van der Waals surface area contributed by atoms with Gasteiger partial charge in [0.05, 0.1) is 23.5 Å². The highest BCUT2D eigenvalue weighted by Gasteiger charge is 2.33. The fraction of sp³-hybridized carbons (Fsp3) is 0.0500. The van der Waals surface area contributed by atoms with E-state index in [0.29, 0.717) is 22.4 Å². The number of imidazole rings is 1. The van der Waals surface area contributed by atoms with Gasteiger partial charge in [-0.15, -0.1) is 0 Å². The van der Waals surface area contributed by atoms with Gasteiger partial charge >= 0.3 is 6.18 Å². The zero-order chi connectivity index (χ0) is 19.9. The van der Waals surface area contributed by atoms with E-state index in [1.54, 1.807) is 24.3 Å². The zero-order valence-electron chi connectivity index (χ0n) is 14.1. The van der Waals surface area contributed by atoms with E-state index in [4.69, 9.17) is 0 Å². The minimum Gasteiger partial charge on any atom is -0.284 e. The smallest absolute Gasteiger partial charge is 0.284 e. The van der Waals surface area contributed by atoms with E-state index in [9.17, 15) is 22.8 Å². The third kappa shape index (κ3) is 3.07. The van der Waals surface area contributed by atoms with Crippen LogP contribution in [0.15, 0.2) is 60.9 Å². The summed E-state index contributed by atoms with van der Waals surface area (Å²) in [5, 5.41) is 9.26. The Bertz CT molecular complexity index is 1240. The zero-order valence-corrected chi connectivity index (χ0v) is 14.1. The Balaban J connectivity index is 1.82. The summed E-state index contributed by atoms with van der Waals surface area (Å²) in [6.07, 6.45) is -1.86. The first-order valence-electron chi connectivity index (χ1n) is 8.08. The molecule has 0 saturated heterocycles. The van der Waals surface area contributed by atoms with Crippen LogP contribution in [0.4, 0.5) is 17.6 Å². The number of nitrogens with zero attached hydrogens (tertiary/aromatic N) is 4. The molecule has 0 amide bonds. The quantitative estimate of drug-likeness (QED) is 0.454. The fourth-order valence-electron chi connectivity index (χ4n) is 2.95. The lowest BCUT2D eigenvalue weighted by atomic mass is 9.98. The van der Waals surface area contributed by atoms with E-state index >= 15 is 0 Å². The molecule has 28 heavy (non-hydrogen) atoms. The summed E-state index contributed by atoms with van der Waals surface area (Å²) >= 11 is 0. The van der Waals surface area contributed by atoms with Gasteiger partial charge in [0.1, 0.15) is 11.5 Å². The number of hydrogen-bond donors (Lipinski definition) is 0. The maximum Gasteiger partial charge on any atom is 0.433 e. The van der Waals surface area contributed by atoms with Crippen LogP contribution in [0.5, 0.6) is 0 Å². The number of hydrogen-bond acceptors (Lipinski definition) is 3. The van der Waals surface area contributed by atoms with Crippen molar-refractivity contribution in [2.24, 2.45) is 0 Å². The molecule has 8 heteroatoms. The van der Waals surface area contributed by atoms with Gasteiger partial charge in [0.2, 0.25) is 5.78 Å². The first-order chi connectivity index (χ1) is 13.4. The molecule has 4 nitrogen and oxygen atoms in total. The number of alkyl halides is 3. The van der Waals surface area contributed by atoms with E-state index < -0.39 is 17.7 Å². The Hall–Kier alpha value is -3.73. The van der Waals surface area contributed by atoms with Crippen molar-refractivity contribution >= 4 is 5.78 Å². The van der Waals surface area contributed by atoms with E-state index in [2.05, 4.69) is 9.97 Å². The van der Waals surface area contributed by atoms with Gasteiger partial charge in [-0.1, -0.05) is 24.3 Å². The molecular formula is C20H10F4N4. The van der Waals surface area contributed by atoms with Crippen molar-refractivity contribution in [2.75, 3.05) is 0 Å². The molecule has 0 fully saturated rings. The summed E-state index contributed by atoms with van der Waals surface area (Å²) in [6.45, 7) is 0. The number of rotatable bonds is 2. The monoisotopic (exact) mass is 382 g/mol. The second-order valence-corrected chi connectivity index (χ2v) is 6.01. The van der Waals surface area contributed by atoms with Crippen molar-refractivity contribution in [1.82, 2.24) is 14.4 Å². The van der Waals surface area contributed by atoms with Crippen molar-refractivity contribution in [3.8, 4) is 28.5 Å². The average Bonchev–Trinajstić information content (AvgIpc) is 3.10. The Labute approximate surface area is 156 Å². The summed E-state index contributed by atoms with van der Waals surface area (Å²) in [7, 11) is 0. The van der Waals surface area contributed by atoms with Crippen LogP contribution < -0.4 is 0 Å². The summed E-state index contributed by atoms with van der Waals surface area (Å²) < 4.78 is 53.3. The summed E-state index contributed by atoms with van der Waals surface area (Å²) in [4.78, 5) is 7.52. The summed E-state index contributed by atoms with van der Waals surface area (Å²) in [5.41, 5.74) is 1.60. The highest BCUT2D eigenvalue weighted by atomic mass is 19.4. The van der Waals surface area contributed by atoms with Crippen molar-refractivity contribution in [1.29, 1.82) is 5.26 Å². The molecule has 4 aromatic rings. The van der Waals surface area contributed by atoms with Gasteiger partial charge < -0.3 is 0 Å². The van der Waals surface area contributed by atoms with Crippen LogP contribution in [0.3, 0.4) is 0 Å². The average molecular weight is 382 g/mol. The molecule has 2 aromatic carbocycles. The lowest BCUT2D eigenvalue weighted by Gasteiger charge is -2.09. The Kier molecular flexibility index (Phi) is 4.08. The van der Waals surface area contributed by atoms with Crippen LogP contribution in [0, 0.1) is 17.1 Å². The molecule has 0 bridgehead atoms. The van der Waals surface area contributed by atoms with E-state index in [0.717, 1.165) is 12.1 Å². The predicted octanol–water partition coefficient (Wildman–Crippen LogP) is 5.09. The molecule has 0 radical (unpaired) electrons. The molecule has 0 spiro atoms. The van der Waals surface area contributed by atoms with Gasteiger partial charge in [0, 0.05) is 11.8 Å². The largest absolute Gasteiger partial charge is 0.433 e. The first kappa shape index (κ1) is 17.7. The van der Waals surface area contributed by atoms with Gasteiger partial charge in [-0.05, 0) is 35.4 Å². The van der Waals surface area contributed by atoms with Gasteiger partial charge in [0.15, 0.2) is 0 Å². The summed E-state index contributed by atoms with van der Waals surface area (Å²) in [5.74, 6) is -0.584. The normalized spacial score (nSPS) is 11.5. The molecule has 0 unspecified atom stereocenters. The molecule has 0 saturated carbocycles. The van der Waals surface area contributed by atoms with Crippen LogP contribution in [-0.2, 0) is 6.18 Å². The first-order valence-corrected chi connectivity index (χ1v) is 8.08. The Morgan fingerprint density at radius 1 is 1.00 bits per heavy atom. The highest BCUT2D eigenvalue weighted by molar-refractivity contribution is 5.76. The van der Waals surface area contributed by atoms with Crippen LogP contribution >= 0.6 is 0 Å². The predicted molar refractivity (Wildman–Crippen MR) is 93.5 cm³/mol. The Morgan fingerprint density at radius 2 is 1.79 bits per heavy atom. The minimum absolute atomic E-state index is 0.0743. The third-order valence-electron chi connectivity index (χ3n) is 4.24. The maximum absolute atomic E-state index is 13.4. The number of nitriles is 1. The number of benzene rings is 2. The lowest BCUT2D eigenvalue weighted by molar-refractivity contribution is -0.141. The molecule has 138 valence electrons. The number of fused-ring (bicyclic) bond motifs is 1. The van der Waals surface area contributed by atoms with E-state index in [1.165, 1.54) is 28.9 Å². The van der Waals surface area contributed by atoms with Crippen molar-refractivity contribution in [3.63, 3.8) is 0 Å². The molecule has 0 aliphatic carbocycles. The molecule has 0 N–H and O–H groups in total. The van der Waals surface area contributed by atoms with Crippen molar-refractivity contribution in [2.45, 2.75) is 6.18 Å². The van der Waals surface area contributed by atoms with Crippen LogP contribution in [0.2, 0.25) is 0 Å². The minimum atomic E-state index is -4.55. The van der Waals surface area contributed by atoms with E-state index in [1.807, 2.05) is 6.07 Å². The molecule has 0 atom stereocenters. The van der Waals surface area contributed by atoms with Gasteiger partial charge in [0.25, 0.3) is 0 Å². The topological polar surface area (TPSA) is 54.0 Å². The molecule has 4 rings (SSSR count). The second kappa shape index (κ2) is 6.46. The molecule has 0 aliphatic rings.